The minimum Gasteiger partial charge on any atom is -0.380 e. The third-order valence-corrected chi connectivity index (χ3v) is 2.76. The van der Waals surface area contributed by atoms with Gasteiger partial charge in [0.2, 0.25) is 0 Å². The fourth-order valence-corrected chi connectivity index (χ4v) is 1.65. The molecule has 0 saturated heterocycles. The number of rotatable bonds is 3. The van der Waals surface area contributed by atoms with Gasteiger partial charge in [0, 0.05) is 11.0 Å². The maximum Gasteiger partial charge on any atom is 0.171 e. The lowest BCUT2D eigenvalue weighted by Gasteiger charge is -2.22. The Kier molecular flexibility index (Phi) is 5.09. The highest BCUT2D eigenvalue weighted by molar-refractivity contribution is 5.99. The molecule has 2 nitrogen and oxygen atoms in total. The average molecular weight is 256 g/mol. The summed E-state index contributed by atoms with van der Waals surface area (Å²) in [4.78, 5) is 12.2. The van der Waals surface area contributed by atoms with Crippen LogP contribution >= 0.6 is 0 Å². The van der Waals surface area contributed by atoms with Crippen molar-refractivity contribution in [3.63, 3.8) is 0 Å². The summed E-state index contributed by atoms with van der Waals surface area (Å²) < 4.78 is 0. The second-order valence-corrected chi connectivity index (χ2v) is 5.38. The number of hydrogen-bond donors (Lipinski definition) is 1. The number of hydrogen-bond acceptors (Lipinski definition) is 2. The van der Waals surface area contributed by atoms with Crippen LogP contribution in [0.25, 0.3) is 5.57 Å². The highest BCUT2D eigenvalue weighted by Crippen LogP contribution is 2.25. The maximum atomic E-state index is 12.2. The van der Waals surface area contributed by atoms with E-state index >= 15 is 0 Å². The summed E-state index contributed by atoms with van der Waals surface area (Å²) in [5, 5.41) is 10.3. The topological polar surface area (TPSA) is 37.3 Å². The SMILES string of the molecule is CC#C/C=C(\c1ccccc1)C(O)C(=O)C(C)(C)C. The van der Waals surface area contributed by atoms with Crippen LogP contribution in [0.2, 0.25) is 0 Å². The summed E-state index contributed by atoms with van der Waals surface area (Å²) in [7, 11) is 0. The maximum absolute atomic E-state index is 12.2. The molecule has 1 aromatic rings. The molecule has 1 unspecified atom stereocenters. The summed E-state index contributed by atoms with van der Waals surface area (Å²) in [5.41, 5.74) is 0.776. The van der Waals surface area contributed by atoms with Gasteiger partial charge in [0.1, 0.15) is 6.10 Å². The number of carbonyl (C=O) groups is 1. The van der Waals surface area contributed by atoms with Crippen molar-refractivity contribution in [2.45, 2.75) is 33.8 Å². The molecule has 0 bridgehead atoms. The number of aliphatic hydroxyl groups excluding tert-OH is 1. The van der Waals surface area contributed by atoms with E-state index in [0.717, 1.165) is 5.56 Å². The Labute approximate surface area is 115 Å². The Morgan fingerprint density at radius 3 is 2.32 bits per heavy atom. The Morgan fingerprint density at radius 1 is 1.26 bits per heavy atom. The number of Topliss-reactive ketones (excluding diaryl/α,β-unsaturated/α-hetero) is 1. The number of benzene rings is 1. The van der Waals surface area contributed by atoms with Crippen molar-refractivity contribution in [1.29, 1.82) is 0 Å². The number of carbonyl (C=O) groups excluding carboxylic acids is 1. The van der Waals surface area contributed by atoms with E-state index in [0.29, 0.717) is 5.57 Å². The van der Waals surface area contributed by atoms with E-state index in [1.54, 1.807) is 33.8 Å². The Morgan fingerprint density at radius 2 is 1.84 bits per heavy atom. The third kappa shape index (κ3) is 4.08. The molecule has 0 saturated carbocycles. The van der Waals surface area contributed by atoms with Gasteiger partial charge in [-0.05, 0) is 18.6 Å². The molecule has 0 amide bonds. The standard InChI is InChI=1S/C17H20O2/c1-5-6-12-14(13-10-8-7-9-11-13)15(18)16(19)17(2,3)4/h7-12,15,18H,1-4H3/b14-12+. The van der Waals surface area contributed by atoms with Crippen LogP contribution in [0.5, 0.6) is 0 Å². The van der Waals surface area contributed by atoms with Crippen LogP contribution in [-0.2, 0) is 4.79 Å². The fraction of sp³-hybridized carbons (Fsp3) is 0.353. The molecule has 0 radical (unpaired) electrons. The van der Waals surface area contributed by atoms with Crippen molar-refractivity contribution in [1.82, 2.24) is 0 Å². The van der Waals surface area contributed by atoms with Gasteiger partial charge >= 0.3 is 0 Å². The molecule has 1 aromatic carbocycles. The van der Waals surface area contributed by atoms with Gasteiger partial charge in [-0.2, -0.15) is 0 Å². The van der Waals surface area contributed by atoms with E-state index in [1.807, 2.05) is 30.3 Å². The van der Waals surface area contributed by atoms with Gasteiger partial charge in [-0.3, -0.25) is 4.79 Å². The van der Waals surface area contributed by atoms with Gasteiger partial charge < -0.3 is 5.11 Å². The molecule has 1 atom stereocenters. The molecular weight excluding hydrogens is 236 g/mol. The molecule has 0 aromatic heterocycles. The molecule has 0 spiro atoms. The van der Waals surface area contributed by atoms with Gasteiger partial charge in [-0.25, -0.2) is 0 Å². The number of ketones is 1. The monoisotopic (exact) mass is 256 g/mol. The first-order valence-corrected chi connectivity index (χ1v) is 6.28. The molecule has 100 valence electrons. The normalized spacial score (nSPS) is 13.4. The molecule has 1 rings (SSSR count). The van der Waals surface area contributed by atoms with Gasteiger partial charge in [-0.1, -0.05) is 57.0 Å². The summed E-state index contributed by atoms with van der Waals surface area (Å²) in [6.07, 6.45) is 0.465. The molecule has 19 heavy (non-hydrogen) atoms. The molecule has 0 aliphatic carbocycles. The molecule has 0 aliphatic heterocycles. The zero-order chi connectivity index (χ0) is 14.5. The summed E-state index contributed by atoms with van der Waals surface area (Å²) in [5.74, 6) is 5.35. The average Bonchev–Trinajstić information content (AvgIpc) is 2.38. The Balaban J connectivity index is 3.19. The van der Waals surface area contributed by atoms with Crippen molar-refractivity contribution in [2.75, 3.05) is 0 Å². The van der Waals surface area contributed by atoms with Gasteiger partial charge in [0.25, 0.3) is 0 Å². The molecular formula is C17H20O2. The first-order valence-electron chi connectivity index (χ1n) is 6.28. The molecule has 0 aliphatic rings. The second kappa shape index (κ2) is 6.36. The zero-order valence-corrected chi connectivity index (χ0v) is 11.9. The van der Waals surface area contributed by atoms with Gasteiger partial charge in [0.05, 0.1) is 0 Å². The van der Waals surface area contributed by atoms with E-state index < -0.39 is 11.5 Å². The van der Waals surface area contributed by atoms with E-state index in [1.165, 1.54) is 0 Å². The second-order valence-electron chi connectivity index (χ2n) is 5.38. The van der Waals surface area contributed by atoms with Crippen LogP contribution in [0.15, 0.2) is 36.4 Å². The number of allylic oxidation sites excluding steroid dienone is 1. The highest BCUT2D eigenvalue weighted by Gasteiger charge is 2.30. The number of aliphatic hydroxyl groups is 1. The van der Waals surface area contributed by atoms with E-state index in [-0.39, 0.29) is 5.78 Å². The van der Waals surface area contributed by atoms with Crippen molar-refractivity contribution < 1.29 is 9.90 Å². The van der Waals surface area contributed by atoms with Crippen LogP contribution in [0.1, 0.15) is 33.3 Å². The van der Waals surface area contributed by atoms with Crippen LogP contribution in [0, 0.1) is 17.3 Å². The largest absolute Gasteiger partial charge is 0.380 e. The predicted molar refractivity (Wildman–Crippen MR) is 78.3 cm³/mol. The van der Waals surface area contributed by atoms with Crippen LogP contribution in [0.3, 0.4) is 0 Å². The Hall–Kier alpha value is -1.85. The summed E-state index contributed by atoms with van der Waals surface area (Å²) in [6, 6.07) is 9.36. The Bertz CT molecular complexity index is 522. The molecule has 0 fully saturated rings. The minimum atomic E-state index is -1.15. The predicted octanol–water partition coefficient (Wildman–Crippen LogP) is 3.07. The minimum absolute atomic E-state index is 0.208. The lowest BCUT2D eigenvalue weighted by Crippen LogP contribution is -2.33. The van der Waals surface area contributed by atoms with Gasteiger partial charge in [-0.15, -0.1) is 5.92 Å². The zero-order valence-electron chi connectivity index (χ0n) is 11.9. The fourth-order valence-electron chi connectivity index (χ4n) is 1.65. The van der Waals surface area contributed by atoms with Crippen molar-refractivity contribution in [2.24, 2.45) is 5.41 Å². The van der Waals surface area contributed by atoms with E-state index in [2.05, 4.69) is 11.8 Å². The first-order chi connectivity index (χ1) is 8.88. The third-order valence-electron chi connectivity index (χ3n) is 2.76. The quantitative estimate of drug-likeness (QED) is 0.844. The van der Waals surface area contributed by atoms with Gasteiger partial charge in [0.15, 0.2) is 5.78 Å². The van der Waals surface area contributed by atoms with Crippen molar-refractivity contribution >= 4 is 11.4 Å². The van der Waals surface area contributed by atoms with Crippen LogP contribution in [-0.4, -0.2) is 17.0 Å². The summed E-state index contributed by atoms with van der Waals surface area (Å²) in [6.45, 7) is 7.11. The summed E-state index contributed by atoms with van der Waals surface area (Å²) >= 11 is 0. The lowest BCUT2D eigenvalue weighted by atomic mass is 9.83. The molecule has 1 N–H and O–H groups in total. The van der Waals surface area contributed by atoms with Crippen molar-refractivity contribution in [3.8, 4) is 11.8 Å². The van der Waals surface area contributed by atoms with Crippen LogP contribution in [0.4, 0.5) is 0 Å². The molecule has 2 heteroatoms. The van der Waals surface area contributed by atoms with E-state index in [9.17, 15) is 9.90 Å². The highest BCUT2D eigenvalue weighted by atomic mass is 16.3. The van der Waals surface area contributed by atoms with E-state index in [4.69, 9.17) is 0 Å². The van der Waals surface area contributed by atoms with Crippen molar-refractivity contribution in [3.05, 3.63) is 42.0 Å². The van der Waals surface area contributed by atoms with Crippen LogP contribution < -0.4 is 0 Å². The first kappa shape index (κ1) is 15.2. The smallest absolute Gasteiger partial charge is 0.171 e. The lowest BCUT2D eigenvalue weighted by molar-refractivity contribution is -0.132. The molecule has 0 heterocycles.